The van der Waals surface area contributed by atoms with Crippen LogP contribution in [0.15, 0.2) is 12.1 Å². The lowest BCUT2D eigenvalue weighted by Crippen LogP contribution is -2.56. The topological polar surface area (TPSA) is 340 Å². The van der Waals surface area contributed by atoms with Crippen LogP contribution in [0.4, 0.5) is 0 Å². The van der Waals surface area contributed by atoms with Gasteiger partial charge in [0, 0.05) is 50.7 Å². The van der Waals surface area contributed by atoms with Gasteiger partial charge in [0.25, 0.3) is 0 Å². The van der Waals surface area contributed by atoms with Gasteiger partial charge < -0.3 is 98.8 Å². The van der Waals surface area contributed by atoms with Crippen LogP contribution in [-0.4, -0.2) is 209 Å². The first-order valence-electron chi connectivity index (χ1n) is 26.7. The third-order valence-electron chi connectivity index (χ3n) is 16.8. The van der Waals surface area contributed by atoms with Gasteiger partial charge >= 0.3 is 0 Å². The third-order valence-corrected chi connectivity index (χ3v) is 16.8. The van der Waals surface area contributed by atoms with Crippen LogP contribution in [0, 0.1) is 24.7 Å². The summed E-state index contributed by atoms with van der Waals surface area (Å²) in [5.41, 5.74) is -1.24. The van der Waals surface area contributed by atoms with E-state index in [2.05, 4.69) is 0 Å². The summed E-state index contributed by atoms with van der Waals surface area (Å²) in [4.78, 5) is 29.0. The summed E-state index contributed by atoms with van der Waals surface area (Å²) in [6.45, 7) is 12.8. The van der Waals surface area contributed by atoms with Gasteiger partial charge in [-0.2, -0.15) is 0 Å². The van der Waals surface area contributed by atoms with E-state index in [0.717, 1.165) is 0 Å². The number of carbonyl (C=O) groups excluding carboxylic acids is 2. The number of aliphatic hydroxyl groups excluding tert-OH is 8. The number of ketones is 2. The minimum absolute atomic E-state index is 0.0262. The van der Waals surface area contributed by atoms with Crippen LogP contribution in [0.3, 0.4) is 0 Å². The quantitative estimate of drug-likeness (QED) is 0.119. The summed E-state index contributed by atoms with van der Waals surface area (Å²) >= 11 is 0. The van der Waals surface area contributed by atoms with Crippen LogP contribution in [0.25, 0.3) is 10.8 Å². The highest BCUT2D eigenvalue weighted by Gasteiger charge is 2.51. The Morgan fingerprint density at radius 1 is 0.711 bits per heavy atom. The summed E-state index contributed by atoms with van der Waals surface area (Å²) in [7, 11) is 1.20. The molecule has 0 bridgehead atoms. The van der Waals surface area contributed by atoms with Gasteiger partial charge in [-0.3, -0.25) is 9.59 Å². The van der Waals surface area contributed by atoms with Crippen molar-refractivity contribution in [3.05, 3.63) is 28.8 Å². The predicted molar refractivity (Wildman–Crippen MR) is 265 cm³/mol. The number of hydrogen-bond acceptors (Lipinski definition) is 22. The van der Waals surface area contributed by atoms with Crippen molar-refractivity contribution >= 4 is 22.3 Å². The Morgan fingerprint density at radius 3 is 1.89 bits per heavy atom. The van der Waals surface area contributed by atoms with E-state index in [0.29, 0.717) is 12.8 Å². The van der Waals surface area contributed by atoms with Crippen molar-refractivity contribution in [3.63, 3.8) is 0 Å². The minimum Gasteiger partial charge on any atom is -0.507 e. The molecule has 25 atom stereocenters. The molecule has 0 spiro atoms. The molecule has 5 fully saturated rings. The van der Waals surface area contributed by atoms with Crippen LogP contribution >= 0.6 is 0 Å². The van der Waals surface area contributed by atoms with E-state index < -0.39 is 163 Å². The number of ether oxygens (including phenoxy) is 9. The molecule has 0 radical (unpaired) electrons. The summed E-state index contributed by atoms with van der Waals surface area (Å²) in [5, 5.41) is 121. The Labute approximate surface area is 441 Å². The molecule has 8 rings (SSSR count). The van der Waals surface area contributed by atoms with E-state index >= 15 is 4.79 Å². The fraction of sp³-hybridized carbons (Fsp3) is 0.778. The molecule has 76 heavy (non-hydrogen) atoms. The number of carbonyl (C=O) groups is 2. The number of fused-ring (bicyclic) bond motifs is 2. The Morgan fingerprint density at radius 2 is 1.28 bits per heavy atom. The lowest BCUT2D eigenvalue weighted by Gasteiger charge is -2.46. The van der Waals surface area contributed by atoms with E-state index in [-0.39, 0.29) is 83.6 Å². The zero-order valence-electron chi connectivity index (χ0n) is 44.6. The van der Waals surface area contributed by atoms with Crippen molar-refractivity contribution in [3.8, 4) is 17.2 Å². The predicted octanol–water partition coefficient (Wildman–Crippen LogP) is 1.08. The molecule has 428 valence electrons. The van der Waals surface area contributed by atoms with E-state index in [1.807, 2.05) is 13.8 Å². The number of benzene rings is 2. The Balaban J connectivity index is 1.04. The summed E-state index contributed by atoms with van der Waals surface area (Å²) < 4.78 is 55.5. The van der Waals surface area contributed by atoms with E-state index in [4.69, 9.17) is 42.6 Å². The number of hydrogen-bond donors (Lipinski definition) is 11. The molecule has 2 aromatic rings. The Hall–Kier alpha value is -3.24. The monoisotopic (exact) mass is 1080 g/mol. The lowest BCUT2D eigenvalue weighted by molar-refractivity contribution is -0.298. The van der Waals surface area contributed by atoms with Crippen molar-refractivity contribution in [2.45, 2.75) is 241 Å². The van der Waals surface area contributed by atoms with E-state index in [1.54, 1.807) is 33.8 Å². The average molecular weight is 1080 g/mol. The SMILES string of the molecule is CO[C@H](C(=O)[C@@H](O)[C@@H](C)O)[C@@H]1Cc2cc3cc(O[C@H]4C[C@@H](O[C@H]5C[C@@H](O)[C@H](O)[C@@H](C)O5)[C@H](O)[C@@H](C)O4)c(C)c(O)c3c(O)c2C(=O)[C@H]1O[C@H]1C[C@@H](O[C@@H]2C[C@H](C)[C@@H](O)[C@H](O[C@@H]3C[C@H](C)[C@@H](O)[C@@](C)(O)C3)C2)[C@H](O)[C@@H](C)O1. The highest BCUT2D eigenvalue weighted by molar-refractivity contribution is 6.11. The lowest BCUT2D eigenvalue weighted by atomic mass is 9.75. The van der Waals surface area contributed by atoms with Crippen LogP contribution in [0.5, 0.6) is 17.2 Å². The standard InChI is InChI=1S/C54H80O22/c1-20-10-29(15-34(42(20)57)73-30-11-21(2)53(66)54(8,67)19-30)72-35-17-39(71-25(6)46(35)61)76-52-31(51(68-9)50(65)44(59)23(4)55)13-27-12-28-14-33(22(3)43(58)40(28)48(63)41(27)49(52)64)74-38-18-36(47(62)26(7)70-38)75-37-16-32(56)45(60)24(5)69-37/h12,14,20-21,23-26,29-32,34-39,42,44-47,51-53,55-63,66-67H,10-11,13,15-19H2,1-9H3/t20-,21-,23+,24+,25+,26+,29+,30+,31-,32+,34+,35+,36+,37-,38-,39-,42+,44-,45+,46+,47+,51-,52-,53+,54-/m0/s1. The second kappa shape index (κ2) is 23.5. The first-order chi connectivity index (χ1) is 35.7. The zero-order valence-corrected chi connectivity index (χ0v) is 44.6. The van der Waals surface area contributed by atoms with Gasteiger partial charge in [0.2, 0.25) is 6.29 Å². The number of rotatable bonds is 15. The van der Waals surface area contributed by atoms with Crippen molar-refractivity contribution < 1.29 is 108 Å². The van der Waals surface area contributed by atoms with Crippen LogP contribution in [0.2, 0.25) is 0 Å². The molecule has 0 aromatic heterocycles. The number of phenols is 2. The third kappa shape index (κ3) is 11.9. The normalized spacial score (nSPS) is 42.5. The molecule has 11 N–H and O–H groups in total. The van der Waals surface area contributed by atoms with Crippen LogP contribution in [-0.2, 0) is 49.1 Å². The van der Waals surface area contributed by atoms with Gasteiger partial charge in [0.1, 0.15) is 53.9 Å². The molecule has 2 saturated carbocycles. The number of methoxy groups -OCH3 is 1. The number of aromatic hydroxyl groups is 2. The van der Waals surface area contributed by atoms with Gasteiger partial charge in [0.05, 0.1) is 89.8 Å². The van der Waals surface area contributed by atoms with Gasteiger partial charge in [-0.15, -0.1) is 0 Å². The first-order valence-corrected chi connectivity index (χ1v) is 26.7. The number of phenolic OH excluding ortho intramolecular Hbond substituents is 2. The number of Topliss-reactive ketones (excluding diaryl/α,β-unsaturated/α-hetero) is 2. The molecule has 2 aromatic carbocycles. The molecule has 22 heteroatoms. The van der Waals surface area contributed by atoms with E-state index in [9.17, 15) is 61.0 Å². The Kier molecular flexibility index (Phi) is 18.2. The maximum Gasteiger partial charge on any atom is 0.202 e. The van der Waals surface area contributed by atoms with E-state index in [1.165, 1.54) is 27.0 Å². The molecule has 3 heterocycles. The minimum atomic E-state index is -1.93. The molecule has 0 amide bonds. The second-order valence-electron chi connectivity index (χ2n) is 22.8. The average Bonchev–Trinajstić information content (AvgIpc) is 3.38. The van der Waals surface area contributed by atoms with Crippen LogP contribution in [0.1, 0.15) is 115 Å². The van der Waals surface area contributed by atoms with Gasteiger partial charge in [0.15, 0.2) is 24.1 Å². The van der Waals surface area contributed by atoms with Crippen molar-refractivity contribution in [1.29, 1.82) is 0 Å². The maximum atomic E-state index is 15.1. The van der Waals surface area contributed by atoms with Gasteiger partial charge in [-0.1, -0.05) is 13.8 Å². The summed E-state index contributed by atoms with van der Waals surface area (Å²) in [5.74, 6) is -4.45. The molecular weight excluding hydrogens is 1000 g/mol. The molecule has 0 unspecified atom stereocenters. The fourth-order valence-corrected chi connectivity index (χ4v) is 12.4. The summed E-state index contributed by atoms with van der Waals surface area (Å²) in [6, 6.07) is 3.07. The first kappa shape index (κ1) is 58.9. The Bertz CT molecular complexity index is 2350. The molecule has 3 aliphatic heterocycles. The molecule has 6 aliphatic rings. The van der Waals surface area contributed by atoms with Crippen molar-refractivity contribution in [2.75, 3.05) is 7.11 Å². The highest BCUT2D eigenvalue weighted by atomic mass is 16.7. The highest BCUT2D eigenvalue weighted by Crippen LogP contribution is 2.48. The molecule has 22 nitrogen and oxygen atoms in total. The number of aliphatic hydroxyl groups is 9. The van der Waals surface area contributed by atoms with Crippen LogP contribution < -0.4 is 4.74 Å². The fourth-order valence-electron chi connectivity index (χ4n) is 12.4. The maximum absolute atomic E-state index is 15.1. The van der Waals surface area contributed by atoms with Crippen molar-refractivity contribution in [1.82, 2.24) is 0 Å². The molecule has 3 saturated heterocycles. The zero-order chi connectivity index (χ0) is 55.6. The van der Waals surface area contributed by atoms with Crippen molar-refractivity contribution in [2.24, 2.45) is 17.8 Å². The molecular formula is C54H80O22. The van der Waals surface area contributed by atoms with Gasteiger partial charge in [-0.25, -0.2) is 0 Å². The summed E-state index contributed by atoms with van der Waals surface area (Å²) in [6.07, 6.45) is -21.3. The second-order valence-corrected chi connectivity index (χ2v) is 22.8. The molecule has 3 aliphatic carbocycles. The largest absolute Gasteiger partial charge is 0.507 e. The smallest absolute Gasteiger partial charge is 0.202 e. The van der Waals surface area contributed by atoms with Gasteiger partial charge in [-0.05, 0) is 95.7 Å².